The number of aryl methyl sites for hydroxylation is 2. The molecule has 7 nitrogen and oxygen atoms in total. The van der Waals surface area contributed by atoms with E-state index in [0.29, 0.717) is 22.8 Å². The Labute approximate surface area is 123 Å². The lowest BCUT2D eigenvalue weighted by Gasteiger charge is -2.00. The number of rotatable bonds is 4. The zero-order valence-electron chi connectivity index (χ0n) is 11.3. The maximum atomic E-state index is 11.9. The molecule has 0 unspecified atom stereocenters. The summed E-state index contributed by atoms with van der Waals surface area (Å²) in [5.41, 5.74) is 0.815. The van der Waals surface area contributed by atoms with Crippen molar-refractivity contribution in [1.29, 1.82) is 0 Å². The quantitative estimate of drug-likeness (QED) is 0.684. The highest BCUT2D eigenvalue weighted by atomic mass is 32.1. The van der Waals surface area contributed by atoms with Crippen LogP contribution in [0, 0.1) is 13.8 Å². The molecular formula is C13H11N3O4S. The van der Waals surface area contributed by atoms with Crippen LogP contribution in [0.4, 0.5) is 0 Å². The Hall–Kier alpha value is -2.48. The van der Waals surface area contributed by atoms with E-state index >= 15 is 0 Å². The molecule has 0 atom stereocenters. The molecule has 3 aromatic rings. The molecule has 3 heterocycles. The maximum absolute atomic E-state index is 11.9. The predicted molar refractivity (Wildman–Crippen MR) is 72.7 cm³/mol. The van der Waals surface area contributed by atoms with Crippen LogP contribution in [0.5, 0.6) is 0 Å². The number of hydrogen-bond donors (Lipinski definition) is 0. The molecule has 0 aliphatic heterocycles. The second kappa shape index (κ2) is 5.49. The molecule has 108 valence electrons. The minimum Gasteiger partial charge on any atom is -0.452 e. The maximum Gasteiger partial charge on any atom is 0.344 e. The molecule has 0 spiro atoms. The SMILES string of the molecule is Cc1noc(C)c1C(=O)OCc1nc(-c2cccs2)no1. The highest BCUT2D eigenvalue weighted by Gasteiger charge is 2.20. The van der Waals surface area contributed by atoms with E-state index in [1.807, 2.05) is 17.5 Å². The van der Waals surface area contributed by atoms with Crippen LogP contribution in [0.2, 0.25) is 0 Å². The largest absolute Gasteiger partial charge is 0.452 e. The summed E-state index contributed by atoms with van der Waals surface area (Å²) in [6.45, 7) is 3.23. The molecule has 0 radical (unpaired) electrons. The van der Waals surface area contributed by atoms with Crippen molar-refractivity contribution in [3.63, 3.8) is 0 Å². The Morgan fingerprint density at radius 1 is 1.33 bits per heavy atom. The number of carbonyl (C=O) groups excluding carboxylic acids is 1. The molecule has 3 rings (SSSR count). The van der Waals surface area contributed by atoms with Crippen LogP contribution < -0.4 is 0 Å². The third-order valence-corrected chi connectivity index (χ3v) is 3.64. The third kappa shape index (κ3) is 2.70. The number of ether oxygens (including phenoxy) is 1. The fourth-order valence-electron chi connectivity index (χ4n) is 1.79. The van der Waals surface area contributed by atoms with Crippen molar-refractivity contribution in [2.75, 3.05) is 0 Å². The van der Waals surface area contributed by atoms with E-state index in [9.17, 15) is 4.79 Å². The van der Waals surface area contributed by atoms with Crippen LogP contribution in [0.3, 0.4) is 0 Å². The highest BCUT2D eigenvalue weighted by Crippen LogP contribution is 2.21. The first kappa shape index (κ1) is 13.5. The molecule has 0 saturated carbocycles. The van der Waals surface area contributed by atoms with Gasteiger partial charge < -0.3 is 13.8 Å². The molecule has 0 bridgehead atoms. The Bertz CT molecular complexity index is 741. The monoisotopic (exact) mass is 305 g/mol. The summed E-state index contributed by atoms with van der Waals surface area (Å²) < 4.78 is 15.1. The molecular weight excluding hydrogens is 294 g/mol. The summed E-state index contributed by atoms with van der Waals surface area (Å²) in [4.78, 5) is 17.0. The predicted octanol–water partition coefficient (Wildman–Crippen LogP) is 2.76. The van der Waals surface area contributed by atoms with E-state index in [0.717, 1.165) is 4.88 Å². The second-order valence-electron chi connectivity index (χ2n) is 4.26. The first-order valence-corrected chi connectivity index (χ1v) is 6.99. The molecule has 0 aliphatic rings. The van der Waals surface area contributed by atoms with Gasteiger partial charge in [-0.3, -0.25) is 0 Å². The Balaban J connectivity index is 1.67. The molecule has 21 heavy (non-hydrogen) atoms. The van der Waals surface area contributed by atoms with Crippen molar-refractivity contribution >= 4 is 17.3 Å². The van der Waals surface area contributed by atoms with Gasteiger partial charge in [-0.1, -0.05) is 16.4 Å². The Kier molecular flexibility index (Phi) is 3.53. The van der Waals surface area contributed by atoms with E-state index in [2.05, 4.69) is 15.3 Å². The molecule has 8 heteroatoms. The van der Waals surface area contributed by atoms with Gasteiger partial charge in [0.2, 0.25) is 5.82 Å². The lowest BCUT2D eigenvalue weighted by atomic mass is 10.2. The summed E-state index contributed by atoms with van der Waals surface area (Å²) in [5, 5.41) is 9.46. The fraction of sp³-hybridized carbons (Fsp3) is 0.231. The number of nitrogens with zero attached hydrogens (tertiary/aromatic N) is 3. The topological polar surface area (TPSA) is 91.2 Å². The van der Waals surface area contributed by atoms with Gasteiger partial charge in [0, 0.05) is 0 Å². The summed E-state index contributed by atoms with van der Waals surface area (Å²) in [7, 11) is 0. The third-order valence-electron chi connectivity index (χ3n) is 2.77. The average Bonchev–Trinajstić information content (AvgIpc) is 3.17. The van der Waals surface area contributed by atoms with Crippen molar-refractivity contribution in [3.05, 3.63) is 40.4 Å². The summed E-state index contributed by atoms with van der Waals surface area (Å²) >= 11 is 1.50. The van der Waals surface area contributed by atoms with Gasteiger partial charge in [-0.15, -0.1) is 11.3 Å². The van der Waals surface area contributed by atoms with Crippen molar-refractivity contribution < 1.29 is 18.6 Å². The average molecular weight is 305 g/mol. The van der Waals surface area contributed by atoms with Crippen LogP contribution in [0.1, 0.15) is 27.7 Å². The van der Waals surface area contributed by atoms with Gasteiger partial charge in [0.05, 0.1) is 10.6 Å². The van der Waals surface area contributed by atoms with E-state index in [4.69, 9.17) is 13.8 Å². The smallest absolute Gasteiger partial charge is 0.344 e. The molecule has 0 saturated heterocycles. The van der Waals surface area contributed by atoms with E-state index in [-0.39, 0.29) is 12.5 Å². The second-order valence-corrected chi connectivity index (χ2v) is 5.21. The van der Waals surface area contributed by atoms with E-state index in [1.165, 1.54) is 11.3 Å². The first-order chi connectivity index (χ1) is 10.1. The van der Waals surface area contributed by atoms with Crippen LogP contribution in [-0.2, 0) is 11.3 Å². The van der Waals surface area contributed by atoms with E-state index < -0.39 is 5.97 Å². The Morgan fingerprint density at radius 3 is 2.86 bits per heavy atom. The number of thiophene rings is 1. The van der Waals surface area contributed by atoms with E-state index in [1.54, 1.807) is 13.8 Å². The zero-order valence-corrected chi connectivity index (χ0v) is 12.1. The summed E-state index contributed by atoms with van der Waals surface area (Å²) in [5.74, 6) is 0.608. The van der Waals surface area contributed by atoms with Gasteiger partial charge in [-0.2, -0.15) is 4.98 Å². The zero-order chi connectivity index (χ0) is 14.8. The van der Waals surface area contributed by atoms with Crippen LogP contribution in [-0.4, -0.2) is 21.3 Å². The number of carbonyl (C=O) groups is 1. The molecule has 0 N–H and O–H groups in total. The summed E-state index contributed by atoms with van der Waals surface area (Å²) in [6, 6.07) is 3.78. The van der Waals surface area contributed by atoms with Gasteiger partial charge in [-0.05, 0) is 25.3 Å². The van der Waals surface area contributed by atoms with Crippen molar-refractivity contribution in [2.24, 2.45) is 0 Å². The van der Waals surface area contributed by atoms with Crippen LogP contribution in [0.25, 0.3) is 10.7 Å². The van der Waals surface area contributed by atoms with Gasteiger partial charge in [0.25, 0.3) is 5.89 Å². The fourth-order valence-corrected chi connectivity index (χ4v) is 2.44. The first-order valence-electron chi connectivity index (χ1n) is 6.11. The van der Waals surface area contributed by atoms with Crippen molar-refractivity contribution in [3.8, 4) is 10.7 Å². The lowest BCUT2D eigenvalue weighted by molar-refractivity contribution is 0.0427. The Morgan fingerprint density at radius 2 is 2.19 bits per heavy atom. The normalized spacial score (nSPS) is 10.8. The standard InChI is InChI=1S/C13H11N3O4S/c1-7-11(8(2)19-15-7)13(17)18-6-10-14-12(16-20-10)9-4-3-5-21-9/h3-5H,6H2,1-2H3. The molecule has 0 fully saturated rings. The van der Waals surface area contributed by atoms with Crippen LogP contribution >= 0.6 is 11.3 Å². The van der Waals surface area contributed by atoms with Gasteiger partial charge in [0.1, 0.15) is 11.3 Å². The van der Waals surface area contributed by atoms with Gasteiger partial charge >= 0.3 is 5.97 Å². The number of esters is 1. The van der Waals surface area contributed by atoms with Gasteiger partial charge in [-0.25, -0.2) is 4.79 Å². The van der Waals surface area contributed by atoms with Crippen LogP contribution in [0.15, 0.2) is 26.6 Å². The minimum atomic E-state index is -0.526. The minimum absolute atomic E-state index is 0.0960. The van der Waals surface area contributed by atoms with Gasteiger partial charge in [0.15, 0.2) is 6.61 Å². The molecule has 0 amide bonds. The summed E-state index contributed by atoms with van der Waals surface area (Å²) in [6.07, 6.45) is 0. The molecule has 0 aromatic carbocycles. The molecule has 0 aliphatic carbocycles. The van der Waals surface area contributed by atoms with Crippen molar-refractivity contribution in [1.82, 2.24) is 15.3 Å². The highest BCUT2D eigenvalue weighted by molar-refractivity contribution is 7.13. The lowest BCUT2D eigenvalue weighted by Crippen LogP contribution is -2.07. The number of hydrogen-bond acceptors (Lipinski definition) is 8. The number of aromatic nitrogens is 3. The van der Waals surface area contributed by atoms with Crippen molar-refractivity contribution in [2.45, 2.75) is 20.5 Å². The molecule has 3 aromatic heterocycles.